The van der Waals surface area contributed by atoms with Crippen molar-refractivity contribution in [2.45, 2.75) is 53.6 Å². The predicted molar refractivity (Wildman–Crippen MR) is 122 cm³/mol. The molecule has 6 heteroatoms. The van der Waals surface area contributed by atoms with E-state index in [4.69, 9.17) is 5.11 Å². The molecule has 0 amide bonds. The smallest absolute Gasteiger partial charge is 0.327 e. The van der Waals surface area contributed by atoms with Gasteiger partial charge < -0.3 is 20.1 Å². The number of esters is 1. The zero-order valence-corrected chi connectivity index (χ0v) is 19.2. The summed E-state index contributed by atoms with van der Waals surface area (Å²) in [6, 6.07) is 11.2. The summed E-state index contributed by atoms with van der Waals surface area (Å²) in [6.07, 6.45) is 0. The van der Waals surface area contributed by atoms with Crippen molar-refractivity contribution in [2.75, 3.05) is 24.4 Å². The molecule has 0 aliphatic rings. The fourth-order valence-corrected chi connectivity index (χ4v) is 3.22. The van der Waals surface area contributed by atoms with Crippen molar-refractivity contribution in [2.24, 2.45) is 0 Å². The van der Waals surface area contributed by atoms with Gasteiger partial charge in [-0.15, -0.1) is 0 Å². The number of hydrogen-bond acceptors (Lipinski definition) is 5. The van der Waals surface area contributed by atoms with Crippen LogP contribution in [-0.2, 0) is 14.3 Å². The highest BCUT2D eigenvalue weighted by atomic mass is 16.5. The van der Waals surface area contributed by atoms with Crippen LogP contribution in [0.2, 0.25) is 0 Å². The van der Waals surface area contributed by atoms with Crippen LogP contribution in [0.3, 0.4) is 0 Å². The van der Waals surface area contributed by atoms with Crippen LogP contribution >= 0.6 is 0 Å². The molecule has 30 heavy (non-hydrogen) atoms. The number of rotatable bonds is 6. The second-order valence-corrected chi connectivity index (χ2v) is 7.52. The molecule has 2 aromatic rings. The Kier molecular flexibility index (Phi) is 9.37. The van der Waals surface area contributed by atoms with Gasteiger partial charge in [-0.1, -0.05) is 36.4 Å². The fraction of sp³-hybridized carbons (Fsp3) is 0.417. The molecule has 6 nitrogen and oxygen atoms in total. The lowest BCUT2D eigenvalue weighted by molar-refractivity contribution is -0.141. The first-order valence-corrected chi connectivity index (χ1v) is 9.93. The van der Waals surface area contributed by atoms with Crippen LogP contribution < -0.4 is 10.2 Å². The van der Waals surface area contributed by atoms with Crippen LogP contribution in [0.1, 0.15) is 36.1 Å². The Morgan fingerprint density at radius 3 is 1.77 bits per heavy atom. The molecule has 0 heterocycles. The number of carbonyl (C=O) groups excluding carboxylic acids is 1. The summed E-state index contributed by atoms with van der Waals surface area (Å²) in [5, 5.41) is 12.1. The lowest BCUT2D eigenvalue weighted by atomic mass is 10.1. The topological polar surface area (TPSA) is 78.9 Å². The number of aliphatic carboxylic acids is 1. The average Bonchev–Trinajstić information content (AvgIpc) is 2.69. The fourth-order valence-electron chi connectivity index (χ4n) is 3.22. The third-order valence-electron chi connectivity index (χ3n) is 5.13. The van der Waals surface area contributed by atoms with Gasteiger partial charge in [0.1, 0.15) is 12.1 Å². The van der Waals surface area contributed by atoms with Crippen molar-refractivity contribution in [3.8, 4) is 0 Å². The third kappa shape index (κ3) is 6.51. The highest BCUT2D eigenvalue weighted by molar-refractivity contribution is 5.79. The molecule has 0 fully saturated rings. The molecule has 2 rings (SSSR count). The number of ether oxygens (including phenoxy) is 1. The SMILES string of the molecule is COC(=O)[C@@H](C)Nc1c(C)cccc1C.Cc1cccc(C)c1N(C)[C@H](C)C(=O)O. The number of carbonyl (C=O) groups is 2. The van der Waals surface area contributed by atoms with Crippen molar-refractivity contribution < 1.29 is 19.4 Å². The molecule has 0 aliphatic heterocycles. The van der Waals surface area contributed by atoms with Crippen molar-refractivity contribution in [3.05, 3.63) is 58.7 Å². The van der Waals surface area contributed by atoms with Gasteiger partial charge in [-0.25, -0.2) is 9.59 Å². The lowest BCUT2D eigenvalue weighted by Gasteiger charge is -2.27. The van der Waals surface area contributed by atoms with Crippen LogP contribution in [0, 0.1) is 27.7 Å². The van der Waals surface area contributed by atoms with E-state index in [2.05, 4.69) is 10.1 Å². The standard InChI is InChI=1S/2C12H17NO2/c1-8-6-5-7-9(2)11(8)13-10(3)12(14)15-4;1-8-6-5-7-9(2)11(8)13(4)10(3)12(14)15/h5-7,10,13H,1-4H3;5-7,10H,1-4H3,(H,14,15)/t2*10-/m11/s1. The first-order valence-electron chi connectivity index (χ1n) is 9.93. The maximum Gasteiger partial charge on any atom is 0.327 e. The number of carboxylic acid groups (broad SMARTS) is 1. The maximum absolute atomic E-state index is 11.3. The van der Waals surface area contributed by atoms with E-state index in [1.54, 1.807) is 18.7 Å². The maximum atomic E-state index is 11.3. The highest BCUT2D eigenvalue weighted by Gasteiger charge is 2.19. The molecule has 0 saturated carbocycles. The number of likely N-dealkylation sites (N-methyl/N-ethyl adjacent to an activating group) is 1. The number of anilines is 2. The van der Waals surface area contributed by atoms with Crippen molar-refractivity contribution in [1.82, 2.24) is 0 Å². The number of hydrogen-bond donors (Lipinski definition) is 2. The second-order valence-electron chi connectivity index (χ2n) is 7.52. The Bertz CT molecular complexity index is 839. The molecular weight excluding hydrogens is 380 g/mol. The zero-order valence-electron chi connectivity index (χ0n) is 19.2. The van der Waals surface area contributed by atoms with Gasteiger partial charge in [0.15, 0.2) is 0 Å². The van der Waals surface area contributed by atoms with E-state index in [1.807, 2.05) is 71.1 Å². The van der Waals surface area contributed by atoms with Gasteiger partial charge >= 0.3 is 11.9 Å². The van der Waals surface area contributed by atoms with Crippen LogP contribution in [0.25, 0.3) is 0 Å². The van der Waals surface area contributed by atoms with Gasteiger partial charge in [0.2, 0.25) is 0 Å². The molecule has 0 aliphatic carbocycles. The molecule has 2 aromatic carbocycles. The van der Waals surface area contributed by atoms with Crippen LogP contribution in [0.5, 0.6) is 0 Å². The molecule has 0 saturated heterocycles. The number of benzene rings is 2. The molecule has 0 aromatic heterocycles. The Labute approximate surface area is 179 Å². The van der Waals surface area contributed by atoms with Gasteiger partial charge in [0.25, 0.3) is 0 Å². The quantitative estimate of drug-likeness (QED) is 0.678. The van der Waals surface area contributed by atoms with E-state index in [9.17, 15) is 9.59 Å². The molecule has 0 radical (unpaired) electrons. The third-order valence-corrected chi connectivity index (χ3v) is 5.13. The Balaban J connectivity index is 0.000000300. The van der Waals surface area contributed by atoms with Crippen LogP contribution in [0.4, 0.5) is 11.4 Å². The molecule has 2 atom stereocenters. The molecule has 164 valence electrons. The summed E-state index contributed by atoms with van der Waals surface area (Å²) in [7, 11) is 3.21. The minimum Gasteiger partial charge on any atom is -0.480 e. The van der Waals surface area contributed by atoms with Crippen LogP contribution in [-0.4, -0.2) is 43.3 Å². The van der Waals surface area contributed by atoms with Gasteiger partial charge in [0.05, 0.1) is 7.11 Å². The van der Waals surface area contributed by atoms with Gasteiger partial charge in [0, 0.05) is 18.4 Å². The number of nitrogens with one attached hydrogen (secondary N) is 1. The van der Waals surface area contributed by atoms with E-state index >= 15 is 0 Å². The monoisotopic (exact) mass is 414 g/mol. The number of aryl methyl sites for hydroxylation is 4. The number of methoxy groups -OCH3 is 1. The summed E-state index contributed by atoms with van der Waals surface area (Å²) in [5.41, 5.74) is 6.48. The minimum absolute atomic E-state index is 0.252. The zero-order chi connectivity index (χ0) is 23.0. The summed E-state index contributed by atoms with van der Waals surface area (Å²) < 4.78 is 4.66. The summed E-state index contributed by atoms with van der Waals surface area (Å²) in [4.78, 5) is 23.9. The Morgan fingerprint density at radius 2 is 1.37 bits per heavy atom. The largest absolute Gasteiger partial charge is 0.480 e. The Morgan fingerprint density at radius 1 is 0.933 bits per heavy atom. The summed E-state index contributed by atoms with van der Waals surface area (Å²) >= 11 is 0. The number of para-hydroxylation sites is 2. The normalized spacial score (nSPS) is 12.1. The van der Waals surface area contributed by atoms with Gasteiger partial charge in [-0.05, 0) is 63.8 Å². The molecular formula is C24H34N2O4. The van der Waals surface area contributed by atoms with E-state index in [1.165, 1.54) is 7.11 Å². The molecule has 2 N–H and O–H groups in total. The lowest BCUT2D eigenvalue weighted by Crippen LogP contribution is -2.36. The first kappa shape index (κ1) is 25.0. The summed E-state index contributed by atoms with van der Waals surface area (Å²) in [5.74, 6) is -1.06. The minimum atomic E-state index is -0.805. The summed E-state index contributed by atoms with van der Waals surface area (Å²) in [6.45, 7) is 11.5. The average molecular weight is 415 g/mol. The number of carboxylic acids is 1. The van der Waals surface area contributed by atoms with Crippen molar-refractivity contribution >= 4 is 23.3 Å². The second kappa shape index (κ2) is 11.2. The van der Waals surface area contributed by atoms with E-state index in [-0.39, 0.29) is 12.0 Å². The molecule has 0 unspecified atom stereocenters. The van der Waals surface area contributed by atoms with E-state index in [0.29, 0.717) is 0 Å². The molecule has 0 spiro atoms. The van der Waals surface area contributed by atoms with Gasteiger partial charge in [-0.3, -0.25) is 0 Å². The van der Waals surface area contributed by atoms with Crippen LogP contribution in [0.15, 0.2) is 36.4 Å². The first-order chi connectivity index (χ1) is 14.0. The van der Waals surface area contributed by atoms with Crippen molar-refractivity contribution in [1.29, 1.82) is 0 Å². The molecule has 0 bridgehead atoms. The van der Waals surface area contributed by atoms with E-state index < -0.39 is 12.0 Å². The Hall–Kier alpha value is -3.02. The predicted octanol–water partition coefficient (Wildman–Crippen LogP) is 4.49. The van der Waals surface area contributed by atoms with Gasteiger partial charge in [-0.2, -0.15) is 0 Å². The van der Waals surface area contributed by atoms with E-state index in [0.717, 1.165) is 33.6 Å². The number of nitrogens with zero attached hydrogens (tertiary/aromatic N) is 1. The van der Waals surface area contributed by atoms with Crippen molar-refractivity contribution in [3.63, 3.8) is 0 Å². The highest BCUT2D eigenvalue weighted by Crippen LogP contribution is 2.25.